The second-order valence-corrected chi connectivity index (χ2v) is 31.4. The van der Waals surface area contributed by atoms with Crippen molar-refractivity contribution in [2.45, 2.75) is 88.5 Å². The predicted octanol–water partition coefficient (Wildman–Crippen LogP) is 4.58. The summed E-state index contributed by atoms with van der Waals surface area (Å²) in [6.45, 7) is 19.5. The first-order chi connectivity index (χ1) is 19.4. The first-order valence-corrected chi connectivity index (χ1v) is 27.1. The Hall–Kier alpha value is -0.232. The molecule has 2 fully saturated rings. The molecule has 236 valence electrons. The van der Waals surface area contributed by atoms with Crippen LogP contribution < -0.4 is 5.19 Å². The van der Waals surface area contributed by atoms with Crippen LogP contribution in [0.1, 0.15) is 19.3 Å². The Balaban J connectivity index is 1.77. The number of benzene rings is 1. The Kier molecular flexibility index (Phi) is 14.4. The molecule has 0 spiro atoms. The molecule has 2 saturated heterocycles. The van der Waals surface area contributed by atoms with Gasteiger partial charge in [0.05, 0.1) is 34.5 Å². The van der Waals surface area contributed by atoms with Crippen molar-refractivity contribution in [1.29, 1.82) is 0 Å². The van der Waals surface area contributed by atoms with E-state index >= 15 is 0 Å². The summed E-state index contributed by atoms with van der Waals surface area (Å²) < 4.78 is 43.5. The number of aliphatic hydroxyl groups excluding tert-OH is 1. The molecule has 0 saturated carbocycles. The van der Waals surface area contributed by atoms with E-state index in [4.69, 9.17) is 37.0 Å². The average molecular weight is 645 g/mol. The minimum atomic E-state index is -2.86. The lowest BCUT2D eigenvalue weighted by Crippen LogP contribution is -2.66. The third kappa shape index (κ3) is 14.4. The van der Waals surface area contributed by atoms with Crippen molar-refractivity contribution in [3.05, 3.63) is 30.3 Å². The van der Waals surface area contributed by atoms with E-state index in [1.807, 2.05) is 0 Å². The summed E-state index contributed by atoms with van der Waals surface area (Å²) in [5.74, 6) is 0. The lowest BCUT2D eigenvalue weighted by Gasteiger charge is -2.45. The second kappa shape index (κ2) is 16.7. The molecular weight excluding hydrogens is 589 g/mol. The zero-order valence-electron chi connectivity index (χ0n) is 26.5. The molecule has 3 unspecified atom stereocenters. The van der Waals surface area contributed by atoms with Gasteiger partial charge in [-0.1, -0.05) is 43.4 Å². The highest BCUT2D eigenvalue weighted by atomic mass is 28.5. The topological polar surface area (TPSA) is 91.4 Å². The Morgan fingerprint density at radius 2 is 1.24 bits per heavy atom. The lowest BCUT2D eigenvalue weighted by molar-refractivity contribution is 0.116. The predicted molar refractivity (Wildman–Crippen MR) is 174 cm³/mol. The highest BCUT2D eigenvalue weighted by Crippen LogP contribution is 2.32. The molecule has 1 aromatic rings. The van der Waals surface area contributed by atoms with Gasteiger partial charge in [0, 0.05) is 32.7 Å². The molecule has 8 nitrogen and oxygen atoms in total. The van der Waals surface area contributed by atoms with Crippen molar-refractivity contribution in [1.82, 2.24) is 0 Å². The molecule has 0 bridgehead atoms. The molecular formula is C29H56O8Si4. The molecule has 0 aliphatic carbocycles. The fraction of sp³-hybridized carbons (Fsp3) is 0.793. The standard InChI is InChI=1S/C29H56O8Si4/c1-38(2,25-33-22-28-24-35-28)26-41(29-13-8-7-9-14-29,36-39(3,4)19-11-17-31-16-10-15-30)37-40(5,6)20-12-18-32-21-27-23-34-27/h7-9,13-14,27-28,30H,10-12,15-26H2,1-6H3. The second-order valence-electron chi connectivity index (χ2n) is 13.6. The smallest absolute Gasteiger partial charge is 0.349 e. The molecule has 2 heterocycles. The third-order valence-electron chi connectivity index (χ3n) is 7.29. The summed E-state index contributed by atoms with van der Waals surface area (Å²) >= 11 is 0. The van der Waals surface area contributed by atoms with Crippen LogP contribution in [-0.4, -0.2) is 110 Å². The quantitative estimate of drug-likeness (QED) is 0.0994. The summed E-state index contributed by atoms with van der Waals surface area (Å²) in [4.78, 5) is 0. The van der Waals surface area contributed by atoms with E-state index in [1.165, 1.54) is 5.19 Å². The monoisotopic (exact) mass is 644 g/mol. The molecule has 2 aliphatic rings. The number of hydrogen-bond acceptors (Lipinski definition) is 8. The Labute approximate surface area is 252 Å². The van der Waals surface area contributed by atoms with Crippen LogP contribution in [0, 0.1) is 0 Å². The van der Waals surface area contributed by atoms with Gasteiger partial charge in [0.15, 0.2) is 16.6 Å². The highest BCUT2D eigenvalue weighted by molar-refractivity contribution is 7.03. The van der Waals surface area contributed by atoms with Crippen LogP contribution in [0.25, 0.3) is 0 Å². The van der Waals surface area contributed by atoms with Crippen LogP contribution in [0.15, 0.2) is 30.3 Å². The van der Waals surface area contributed by atoms with E-state index in [2.05, 4.69) is 69.6 Å². The molecule has 3 rings (SSSR count). The van der Waals surface area contributed by atoms with Crippen molar-refractivity contribution in [3.8, 4) is 0 Å². The molecule has 0 radical (unpaired) electrons. The van der Waals surface area contributed by atoms with Gasteiger partial charge in [-0.15, -0.1) is 0 Å². The Morgan fingerprint density at radius 1 is 0.732 bits per heavy atom. The van der Waals surface area contributed by atoms with Gasteiger partial charge in [-0.05, 0) is 68.4 Å². The van der Waals surface area contributed by atoms with Crippen molar-refractivity contribution >= 4 is 38.5 Å². The largest absolute Gasteiger partial charge is 0.433 e. The zero-order chi connectivity index (χ0) is 29.8. The maximum Gasteiger partial charge on any atom is 0.349 e. The van der Waals surface area contributed by atoms with Crippen LogP contribution in [0.3, 0.4) is 0 Å². The lowest BCUT2D eigenvalue weighted by atomic mass is 10.4. The molecule has 12 heteroatoms. The normalized spacial score (nSPS) is 20.7. The molecule has 1 aromatic carbocycles. The fourth-order valence-corrected chi connectivity index (χ4v) is 26.1. The number of rotatable bonds is 24. The van der Waals surface area contributed by atoms with Crippen LogP contribution in [0.4, 0.5) is 0 Å². The molecule has 0 amide bonds. The van der Waals surface area contributed by atoms with Gasteiger partial charge in [-0.25, -0.2) is 0 Å². The van der Waals surface area contributed by atoms with Crippen LogP contribution in [0.2, 0.25) is 57.0 Å². The SMILES string of the molecule is C[Si](C)(COCC1CO1)C[Si](O[Si](C)(C)CCCOCCCO)(O[Si](C)(C)CCCOCC1CO1)c1ccccc1. The zero-order valence-corrected chi connectivity index (χ0v) is 30.5. The van der Waals surface area contributed by atoms with Crippen molar-refractivity contribution < 1.29 is 37.0 Å². The van der Waals surface area contributed by atoms with Crippen molar-refractivity contribution in [2.75, 3.05) is 59.1 Å². The van der Waals surface area contributed by atoms with Gasteiger partial charge in [-0.3, -0.25) is 0 Å². The van der Waals surface area contributed by atoms with Gasteiger partial charge in [-0.2, -0.15) is 0 Å². The first kappa shape index (κ1) is 35.2. The number of aliphatic hydroxyl groups is 1. The third-order valence-corrected chi connectivity index (χ3v) is 25.4. The summed E-state index contributed by atoms with van der Waals surface area (Å²) in [7, 11) is -8.97. The number of epoxide rings is 2. The first-order valence-electron chi connectivity index (χ1n) is 15.5. The van der Waals surface area contributed by atoms with E-state index in [9.17, 15) is 0 Å². The molecule has 0 aromatic heterocycles. The van der Waals surface area contributed by atoms with E-state index in [0.29, 0.717) is 39.0 Å². The van der Waals surface area contributed by atoms with Crippen molar-refractivity contribution in [3.63, 3.8) is 0 Å². The average Bonchev–Trinajstić information content (AvgIpc) is 3.82. The van der Waals surface area contributed by atoms with Gasteiger partial charge in [0.2, 0.25) is 0 Å². The van der Waals surface area contributed by atoms with E-state index in [0.717, 1.165) is 56.6 Å². The van der Waals surface area contributed by atoms with Gasteiger partial charge >= 0.3 is 8.56 Å². The summed E-state index contributed by atoms with van der Waals surface area (Å²) in [6.07, 6.45) is 3.98. The molecule has 3 atom stereocenters. The van der Waals surface area contributed by atoms with E-state index in [-0.39, 0.29) is 12.7 Å². The Morgan fingerprint density at radius 3 is 1.78 bits per heavy atom. The van der Waals surface area contributed by atoms with Crippen molar-refractivity contribution in [2.24, 2.45) is 0 Å². The minimum Gasteiger partial charge on any atom is -0.433 e. The maximum atomic E-state index is 9.04. The Bertz CT molecular complexity index is 868. The number of hydrogen-bond donors (Lipinski definition) is 1. The molecule has 41 heavy (non-hydrogen) atoms. The van der Waals surface area contributed by atoms with Gasteiger partial charge < -0.3 is 37.0 Å². The number of ether oxygens (including phenoxy) is 5. The molecule has 1 N–H and O–H groups in total. The summed E-state index contributed by atoms with van der Waals surface area (Å²) in [5.41, 5.74) is 0.963. The summed E-state index contributed by atoms with van der Waals surface area (Å²) in [5, 5.41) is 10.3. The van der Waals surface area contributed by atoms with E-state index < -0.39 is 33.3 Å². The van der Waals surface area contributed by atoms with Gasteiger partial charge in [0.25, 0.3) is 0 Å². The fourth-order valence-electron chi connectivity index (χ4n) is 5.16. The minimum absolute atomic E-state index is 0.170. The van der Waals surface area contributed by atoms with Gasteiger partial charge in [0.1, 0.15) is 12.2 Å². The maximum absolute atomic E-state index is 9.04. The summed E-state index contributed by atoms with van der Waals surface area (Å²) in [6, 6.07) is 12.9. The molecule has 2 aliphatic heterocycles. The van der Waals surface area contributed by atoms with Crippen LogP contribution >= 0.6 is 0 Å². The van der Waals surface area contributed by atoms with Crippen LogP contribution in [-0.2, 0) is 31.9 Å². The van der Waals surface area contributed by atoms with E-state index in [1.54, 1.807) is 0 Å². The highest BCUT2D eigenvalue weighted by Gasteiger charge is 2.51. The van der Waals surface area contributed by atoms with Crippen LogP contribution in [0.5, 0.6) is 0 Å².